The standard InChI is InChI=1S/C14H19N3OS/c1-10(15)13-8-16-14(19-13)17(2)9-11-4-6-12(18-3)7-5-11/h4-8,10H,9,15H2,1-3H3. The maximum atomic E-state index is 5.85. The minimum Gasteiger partial charge on any atom is -0.497 e. The number of thiazole rings is 1. The molecule has 2 aromatic rings. The van der Waals surface area contributed by atoms with Gasteiger partial charge in [-0.3, -0.25) is 0 Å². The second-order valence-corrected chi connectivity index (χ2v) is 5.58. The fourth-order valence-corrected chi connectivity index (χ4v) is 2.56. The van der Waals surface area contributed by atoms with E-state index in [1.165, 1.54) is 5.56 Å². The van der Waals surface area contributed by atoms with Crippen molar-refractivity contribution >= 4 is 16.5 Å². The smallest absolute Gasteiger partial charge is 0.185 e. The molecule has 0 radical (unpaired) electrons. The predicted octanol–water partition coefficient (Wildman–Crippen LogP) is 2.81. The topological polar surface area (TPSA) is 51.4 Å². The van der Waals surface area contributed by atoms with E-state index in [1.54, 1.807) is 18.4 Å². The summed E-state index contributed by atoms with van der Waals surface area (Å²) in [7, 11) is 3.71. The van der Waals surface area contributed by atoms with E-state index in [2.05, 4.69) is 22.0 Å². The first-order chi connectivity index (χ1) is 9.10. The lowest BCUT2D eigenvalue weighted by molar-refractivity contribution is 0.414. The largest absolute Gasteiger partial charge is 0.497 e. The van der Waals surface area contributed by atoms with Crippen LogP contribution in [-0.4, -0.2) is 19.1 Å². The summed E-state index contributed by atoms with van der Waals surface area (Å²) in [4.78, 5) is 7.64. The van der Waals surface area contributed by atoms with Crippen LogP contribution in [0.1, 0.15) is 23.4 Å². The van der Waals surface area contributed by atoms with Gasteiger partial charge in [0.2, 0.25) is 0 Å². The number of anilines is 1. The molecule has 2 N–H and O–H groups in total. The lowest BCUT2D eigenvalue weighted by atomic mass is 10.2. The highest BCUT2D eigenvalue weighted by atomic mass is 32.1. The summed E-state index contributed by atoms with van der Waals surface area (Å²) < 4.78 is 5.15. The van der Waals surface area contributed by atoms with Gasteiger partial charge < -0.3 is 15.4 Å². The minimum atomic E-state index is 0.0423. The number of hydrogen-bond acceptors (Lipinski definition) is 5. The monoisotopic (exact) mass is 277 g/mol. The maximum Gasteiger partial charge on any atom is 0.185 e. The summed E-state index contributed by atoms with van der Waals surface area (Å²) >= 11 is 1.64. The van der Waals surface area contributed by atoms with Crippen LogP contribution in [0.15, 0.2) is 30.5 Å². The lowest BCUT2D eigenvalue weighted by Crippen LogP contribution is -2.15. The molecule has 19 heavy (non-hydrogen) atoms. The van der Waals surface area contributed by atoms with Crippen molar-refractivity contribution in [3.8, 4) is 5.75 Å². The van der Waals surface area contributed by atoms with Crippen LogP contribution in [0.25, 0.3) is 0 Å². The number of aromatic nitrogens is 1. The van der Waals surface area contributed by atoms with Crippen LogP contribution in [-0.2, 0) is 6.54 Å². The zero-order valence-corrected chi connectivity index (χ0v) is 12.3. The third-order valence-electron chi connectivity index (χ3n) is 2.87. The van der Waals surface area contributed by atoms with Gasteiger partial charge in [0.1, 0.15) is 5.75 Å². The Morgan fingerprint density at radius 3 is 2.58 bits per heavy atom. The van der Waals surface area contributed by atoms with E-state index < -0.39 is 0 Å². The van der Waals surface area contributed by atoms with Crippen molar-refractivity contribution in [3.63, 3.8) is 0 Å². The Morgan fingerprint density at radius 2 is 2.05 bits per heavy atom. The SMILES string of the molecule is COc1ccc(CN(C)c2ncc(C(C)N)s2)cc1. The molecule has 0 bridgehead atoms. The van der Waals surface area contributed by atoms with E-state index in [-0.39, 0.29) is 6.04 Å². The molecule has 0 aliphatic rings. The van der Waals surface area contributed by atoms with Gasteiger partial charge in [0.05, 0.1) is 7.11 Å². The van der Waals surface area contributed by atoms with E-state index in [4.69, 9.17) is 10.5 Å². The molecule has 1 unspecified atom stereocenters. The summed E-state index contributed by atoms with van der Waals surface area (Å²) in [5.41, 5.74) is 7.07. The van der Waals surface area contributed by atoms with Crippen LogP contribution in [0, 0.1) is 0 Å². The molecule has 0 fully saturated rings. The minimum absolute atomic E-state index is 0.0423. The molecule has 0 saturated carbocycles. The van der Waals surface area contributed by atoms with Gasteiger partial charge in [-0.1, -0.05) is 12.1 Å². The number of ether oxygens (including phenoxy) is 1. The Labute approximate surface area is 117 Å². The quantitative estimate of drug-likeness (QED) is 0.913. The summed E-state index contributed by atoms with van der Waals surface area (Å²) in [6.45, 7) is 2.79. The van der Waals surface area contributed by atoms with Crippen molar-refractivity contribution in [2.24, 2.45) is 5.73 Å². The summed E-state index contributed by atoms with van der Waals surface area (Å²) in [6, 6.07) is 8.11. The molecule has 0 amide bonds. The summed E-state index contributed by atoms with van der Waals surface area (Å²) in [6.07, 6.45) is 1.86. The van der Waals surface area contributed by atoms with Crippen molar-refractivity contribution in [1.82, 2.24) is 4.98 Å². The first-order valence-electron chi connectivity index (χ1n) is 6.15. The Balaban J connectivity index is 2.04. The van der Waals surface area contributed by atoms with E-state index in [9.17, 15) is 0 Å². The van der Waals surface area contributed by atoms with E-state index in [0.29, 0.717) is 0 Å². The molecule has 1 heterocycles. The van der Waals surface area contributed by atoms with Gasteiger partial charge in [0.25, 0.3) is 0 Å². The average Bonchev–Trinajstić information content (AvgIpc) is 2.89. The van der Waals surface area contributed by atoms with Crippen LogP contribution in [0.5, 0.6) is 5.75 Å². The number of nitrogens with two attached hydrogens (primary N) is 1. The van der Waals surface area contributed by atoms with Crippen molar-refractivity contribution in [3.05, 3.63) is 40.9 Å². The normalized spacial score (nSPS) is 12.2. The number of benzene rings is 1. The van der Waals surface area contributed by atoms with Gasteiger partial charge >= 0.3 is 0 Å². The van der Waals surface area contributed by atoms with Crippen molar-refractivity contribution in [2.45, 2.75) is 19.5 Å². The Kier molecular flexibility index (Phi) is 4.39. The van der Waals surface area contributed by atoms with Crippen molar-refractivity contribution in [2.75, 3.05) is 19.1 Å². The number of hydrogen-bond donors (Lipinski definition) is 1. The molecular weight excluding hydrogens is 258 g/mol. The fraction of sp³-hybridized carbons (Fsp3) is 0.357. The highest BCUT2D eigenvalue weighted by molar-refractivity contribution is 7.15. The number of nitrogens with zero attached hydrogens (tertiary/aromatic N) is 2. The Bertz CT molecular complexity index is 522. The van der Waals surface area contributed by atoms with Crippen LogP contribution >= 0.6 is 11.3 Å². The molecule has 1 atom stereocenters. The number of methoxy groups -OCH3 is 1. The second-order valence-electron chi connectivity index (χ2n) is 4.54. The van der Waals surface area contributed by atoms with Gasteiger partial charge in [-0.25, -0.2) is 4.98 Å². The van der Waals surface area contributed by atoms with Gasteiger partial charge in [-0.2, -0.15) is 0 Å². The zero-order chi connectivity index (χ0) is 13.8. The molecular formula is C14H19N3OS. The van der Waals surface area contributed by atoms with Crippen molar-refractivity contribution in [1.29, 1.82) is 0 Å². The molecule has 0 spiro atoms. The third kappa shape index (κ3) is 3.45. The van der Waals surface area contributed by atoms with Gasteiger partial charge in [-0.15, -0.1) is 11.3 Å². The highest BCUT2D eigenvalue weighted by Crippen LogP contribution is 2.26. The van der Waals surface area contributed by atoms with Crippen LogP contribution < -0.4 is 15.4 Å². The maximum absolute atomic E-state index is 5.85. The highest BCUT2D eigenvalue weighted by Gasteiger charge is 2.10. The molecule has 102 valence electrons. The molecule has 0 saturated heterocycles. The van der Waals surface area contributed by atoms with Crippen LogP contribution in [0.2, 0.25) is 0 Å². The fourth-order valence-electron chi connectivity index (χ4n) is 1.74. The molecule has 1 aromatic carbocycles. The molecule has 5 heteroatoms. The molecule has 2 rings (SSSR count). The number of rotatable bonds is 5. The van der Waals surface area contributed by atoms with Crippen molar-refractivity contribution < 1.29 is 4.74 Å². The average molecular weight is 277 g/mol. The van der Waals surface area contributed by atoms with Gasteiger partial charge in [0.15, 0.2) is 5.13 Å². The molecule has 0 aliphatic carbocycles. The molecule has 4 nitrogen and oxygen atoms in total. The van der Waals surface area contributed by atoms with E-state index in [1.807, 2.05) is 32.3 Å². The summed E-state index contributed by atoms with van der Waals surface area (Å²) in [5.74, 6) is 0.875. The van der Waals surface area contributed by atoms with Crippen LogP contribution in [0.4, 0.5) is 5.13 Å². The van der Waals surface area contributed by atoms with E-state index in [0.717, 1.165) is 22.3 Å². The first kappa shape index (κ1) is 13.8. The molecule has 1 aromatic heterocycles. The van der Waals surface area contributed by atoms with E-state index >= 15 is 0 Å². The van der Waals surface area contributed by atoms with Crippen LogP contribution in [0.3, 0.4) is 0 Å². The molecule has 0 aliphatic heterocycles. The second kappa shape index (κ2) is 6.04. The predicted molar refractivity (Wildman–Crippen MR) is 79.8 cm³/mol. The van der Waals surface area contributed by atoms with Gasteiger partial charge in [0, 0.05) is 30.7 Å². The van der Waals surface area contributed by atoms with Gasteiger partial charge in [-0.05, 0) is 24.6 Å². The Morgan fingerprint density at radius 1 is 1.37 bits per heavy atom. The first-order valence-corrected chi connectivity index (χ1v) is 6.97. The Hall–Kier alpha value is -1.59. The zero-order valence-electron chi connectivity index (χ0n) is 11.5. The third-order valence-corrected chi connectivity index (χ3v) is 4.18. The lowest BCUT2D eigenvalue weighted by Gasteiger charge is -2.16. The summed E-state index contributed by atoms with van der Waals surface area (Å²) in [5, 5.41) is 0.989.